The molecule has 0 unspecified atom stereocenters. The van der Waals surface area contributed by atoms with E-state index in [9.17, 15) is 20.2 Å². The van der Waals surface area contributed by atoms with Crippen LogP contribution in [0.1, 0.15) is 19.3 Å². The van der Waals surface area contributed by atoms with Crippen molar-refractivity contribution < 1.29 is 14.5 Å². The predicted molar refractivity (Wildman–Crippen MR) is 73.6 cm³/mol. The molecule has 21 heavy (non-hydrogen) atoms. The summed E-state index contributed by atoms with van der Waals surface area (Å²) in [5, 5.41) is 19.8. The summed E-state index contributed by atoms with van der Waals surface area (Å²) in [5.74, 6) is -0.0617. The fraction of sp³-hybridized carbons (Fsp3) is 0.429. The SMILES string of the molecule is CN(C(=O)COc1cccc([N+](=O)[O-])c1)C1(C#N)CCC1. The molecule has 0 atom stereocenters. The van der Waals surface area contributed by atoms with Gasteiger partial charge in [-0.3, -0.25) is 14.9 Å². The summed E-state index contributed by atoms with van der Waals surface area (Å²) in [7, 11) is 1.58. The summed E-state index contributed by atoms with van der Waals surface area (Å²) in [6.07, 6.45) is 2.27. The normalized spacial score (nSPS) is 15.4. The number of nitro benzene ring substituents is 1. The molecule has 0 saturated heterocycles. The lowest BCUT2D eigenvalue weighted by molar-refractivity contribution is -0.384. The first-order valence-electron chi connectivity index (χ1n) is 6.54. The van der Waals surface area contributed by atoms with E-state index < -0.39 is 10.5 Å². The molecule has 1 aromatic carbocycles. The minimum absolute atomic E-state index is 0.0965. The van der Waals surface area contributed by atoms with Crippen LogP contribution in [0.25, 0.3) is 0 Å². The molecule has 0 aromatic heterocycles. The molecule has 1 amide bonds. The lowest BCUT2D eigenvalue weighted by Gasteiger charge is -2.42. The number of hydrogen-bond donors (Lipinski definition) is 0. The number of carbonyl (C=O) groups excluding carboxylic acids is 1. The maximum absolute atomic E-state index is 12.0. The molecule has 0 bridgehead atoms. The number of likely N-dealkylation sites (N-methyl/N-ethyl adjacent to an activating group) is 1. The Hall–Kier alpha value is -2.62. The fourth-order valence-electron chi connectivity index (χ4n) is 2.20. The third-order valence-corrected chi connectivity index (χ3v) is 3.80. The highest BCUT2D eigenvalue weighted by atomic mass is 16.6. The summed E-state index contributed by atoms with van der Waals surface area (Å²) in [4.78, 5) is 23.6. The van der Waals surface area contributed by atoms with Gasteiger partial charge in [0.15, 0.2) is 6.61 Å². The second kappa shape index (κ2) is 5.79. The van der Waals surface area contributed by atoms with Crippen LogP contribution in [0.5, 0.6) is 5.75 Å². The minimum atomic E-state index is -0.719. The molecule has 110 valence electrons. The van der Waals surface area contributed by atoms with Gasteiger partial charge in [0.05, 0.1) is 17.1 Å². The maximum Gasteiger partial charge on any atom is 0.273 e. The third kappa shape index (κ3) is 2.94. The zero-order valence-corrected chi connectivity index (χ0v) is 11.6. The molecule has 1 aromatic rings. The van der Waals surface area contributed by atoms with Crippen LogP contribution >= 0.6 is 0 Å². The number of carbonyl (C=O) groups is 1. The van der Waals surface area contributed by atoms with Crippen LogP contribution in [-0.4, -0.2) is 34.9 Å². The van der Waals surface area contributed by atoms with Crippen LogP contribution in [0, 0.1) is 21.4 Å². The van der Waals surface area contributed by atoms with Gasteiger partial charge in [-0.15, -0.1) is 0 Å². The molecule has 7 heteroatoms. The fourth-order valence-corrected chi connectivity index (χ4v) is 2.20. The van der Waals surface area contributed by atoms with Crippen molar-refractivity contribution in [2.24, 2.45) is 0 Å². The zero-order chi connectivity index (χ0) is 15.5. The van der Waals surface area contributed by atoms with Crippen LogP contribution in [0.2, 0.25) is 0 Å². The van der Waals surface area contributed by atoms with Gasteiger partial charge < -0.3 is 9.64 Å². The quantitative estimate of drug-likeness (QED) is 0.609. The van der Waals surface area contributed by atoms with Crippen molar-refractivity contribution in [2.75, 3.05) is 13.7 Å². The van der Waals surface area contributed by atoms with Crippen molar-refractivity contribution in [3.8, 4) is 11.8 Å². The van der Waals surface area contributed by atoms with E-state index in [0.29, 0.717) is 12.8 Å². The number of amides is 1. The summed E-state index contributed by atoms with van der Waals surface area (Å²) in [6, 6.07) is 7.82. The summed E-state index contributed by atoms with van der Waals surface area (Å²) >= 11 is 0. The first-order chi connectivity index (χ1) is 9.98. The molecular weight excluding hydrogens is 274 g/mol. The molecule has 0 radical (unpaired) electrons. The highest BCUT2D eigenvalue weighted by molar-refractivity contribution is 5.79. The molecule has 1 fully saturated rings. The van der Waals surface area contributed by atoms with Crippen LogP contribution in [0.4, 0.5) is 5.69 Å². The highest BCUT2D eigenvalue weighted by Crippen LogP contribution is 2.36. The molecule has 0 heterocycles. The topological polar surface area (TPSA) is 96.5 Å². The van der Waals surface area contributed by atoms with Gasteiger partial charge in [-0.2, -0.15) is 5.26 Å². The maximum atomic E-state index is 12.0. The van der Waals surface area contributed by atoms with Gasteiger partial charge in [-0.1, -0.05) is 6.07 Å². The monoisotopic (exact) mass is 289 g/mol. The van der Waals surface area contributed by atoms with E-state index in [0.717, 1.165) is 6.42 Å². The Labute approximate surface area is 121 Å². The van der Waals surface area contributed by atoms with Crippen LogP contribution in [0.3, 0.4) is 0 Å². The van der Waals surface area contributed by atoms with E-state index >= 15 is 0 Å². The first kappa shape index (κ1) is 14.8. The average molecular weight is 289 g/mol. The van der Waals surface area contributed by atoms with Gasteiger partial charge in [0.25, 0.3) is 11.6 Å². The smallest absolute Gasteiger partial charge is 0.273 e. The van der Waals surface area contributed by atoms with Gasteiger partial charge in [-0.25, -0.2) is 0 Å². The Bertz CT molecular complexity index is 604. The highest BCUT2D eigenvalue weighted by Gasteiger charge is 2.43. The summed E-state index contributed by atoms with van der Waals surface area (Å²) in [6.45, 7) is -0.249. The Kier molecular flexibility index (Phi) is 4.08. The molecule has 7 nitrogen and oxygen atoms in total. The molecular formula is C14H15N3O4. The van der Waals surface area contributed by atoms with E-state index in [4.69, 9.17) is 4.74 Å². The second-order valence-corrected chi connectivity index (χ2v) is 4.99. The average Bonchev–Trinajstić information content (AvgIpc) is 2.44. The van der Waals surface area contributed by atoms with Crippen LogP contribution in [-0.2, 0) is 4.79 Å². The summed E-state index contributed by atoms with van der Waals surface area (Å²) < 4.78 is 5.28. The Balaban J connectivity index is 1.97. The van der Waals surface area contributed by atoms with Gasteiger partial charge in [0.1, 0.15) is 11.3 Å². The van der Waals surface area contributed by atoms with Crippen molar-refractivity contribution in [1.29, 1.82) is 5.26 Å². The van der Waals surface area contributed by atoms with E-state index in [1.165, 1.54) is 23.1 Å². The van der Waals surface area contributed by atoms with Crippen LogP contribution in [0.15, 0.2) is 24.3 Å². The van der Waals surface area contributed by atoms with Gasteiger partial charge >= 0.3 is 0 Å². The van der Waals surface area contributed by atoms with Crippen molar-refractivity contribution in [3.63, 3.8) is 0 Å². The molecule has 0 spiro atoms. The molecule has 0 N–H and O–H groups in total. The van der Waals surface area contributed by atoms with Crippen molar-refractivity contribution in [3.05, 3.63) is 34.4 Å². The van der Waals surface area contributed by atoms with Gasteiger partial charge in [0, 0.05) is 13.1 Å². The first-order valence-corrected chi connectivity index (χ1v) is 6.54. The number of rotatable bonds is 5. The lowest BCUT2D eigenvalue weighted by atomic mass is 9.77. The third-order valence-electron chi connectivity index (χ3n) is 3.80. The Morgan fingerprint density at radius 2 is 2.29 bits per heavy atom. The van der Waals surface area contributed by atoms with E-state index in [-0.39, 0.29) is 24.0 Å². The van der Waals surface area contributed by atoms with Crippen molar-refractivity contribution >= 4 is 11.6 Å². The number of benzene rings is 1. The number of nitrogens with zero attached hydrogens (tertiary/aromatic N) is 3. The Morgan fingerprint density at radius 3 is 2.81 bits per heavy atom. The second-order valence-electron chi connectivity index (χ2n) is 4.99. The molecule has 1 saturated carbocycles. The minimum Gasteiger partial charge on any atom is -0.484 e. The van der Waals surface area contributed by atoms with Gasteiger partial charge in [0.2, 0.25) is 0 Å². The number of non-ortho nitro benzene ring substituents is 1. The molecule has 1 aliphatic carbocycles. The largest absolute Gasteiger partial charge is 0.484 e. The zero-order valence-electron chi connectivity index (χ0n) is 11.6. The number of ether oxygens (including phenoxy) is 1. The van der Waals surface area contributed by atoms with Crippen LogP contribution < -0.4 is 4.74 Å². The van der Waals surface area contributed by atoms with Crippen molar-refractivity contribution in [1.82, 2.24) is 4.90 Å². The summed E-state index contributed by atoms with van der Waals surface area (Å²) in [5.41, 5.74) is -0.816. The number of nitro groups is 1. The number of hydrogen-bond acceptors (Lipinski definition) is 5. The molecule has 0 aliphatic heterocycles. The van der Waals surface area contributed by atoms with E-state index in [2.05, 4.69) is 6.07 Å². The standard InChI is InChI=1S/C14H15N3O4/c1-16(14(10-15)6-3-7-14)13(18)9-21-12-5-2-4-11(8-12)17(19)20/h2,4-5,8H,3,6-7,9H2,1H3. The molecule has 1 aliphatic rings. The van der Waals surface area contributed by atoms with Gasteiger partial charge in [-0.05, 0) is 25.3 Å². The lowest BCUT2D eigenvalue weighted by Crippen LogP contribution is -2.54. The Morgan fingerprint density at radius 1 is 1.57 bits per heavy atom. The predicted octanol–water partition coefficient (Wildman–Crippen LogP) is 1.88. The number of nitriles is 1. The van der Waals surface area contributed by atoms with Crippen molar-refractivity contribution in [2.45, 2.75) is 24.8 Å². The van der Waals surface area contributed by atoms with E-state index in [1.54, 1.807) is 13.1 Å². The molecule has 2 rings (SSSR count). The van der Waals surface area contributed by atoms with E-state index in [1.807, 2.05) is 0 Å².